The quantitative estimate of drug-likeness (QED) is 0.749. The Morgan fingerprint density at radius 3 is 2.76 bits per heavy atom. The maximum Gasteiger partial charge on any atom is 0.326 e. The van der Waals surface area contributed by atoms with Crippen molar-refractivity contribution >= 4 is 46.1 Å². The third-order valence-electron chi connectivity index (χ3n) is 4.57. The van der Waals surface area contributed by atoms with Crippen LogP contribution < -0.4 is 0 Å². The van der Waals surface area contributed by atoms with Gasteiger partial charge in [0, 0.05) is 15.7 Å². The molecule has 112 valence electrons. The summed E-state index contributed by atoms with van der Waals surface area (Å²) in [6.07, 6.45) is 2.99. The van der Waals surface area contributed by atoms with Crippen LogP contribution >= 0.6 is 34.2 Å². The van der Waals surface area contributed by atoms with E-state index in [4.69, 9.17) is 11.6 Å². The number of halogens is 2. The molecule has 0 spiro atoms. The second-order valence-corrected chi connectivity index (χ2v) is 7.29. The van der Waals surface area contributed by atoms with Crippen molar-refractivity contribution in [3.63, 3.8) is 0 Å². The lowest BCUT2D eigenvalue weighted by atomic mass is 9.94. The predicted molar refractivity (Wildman–Crippen MR) is 87.5 cm³/mol. The molecule has 1 N–H and O–H groups in total. The first-order valence-corrected chi connectivity index (χ1v) is 8.43. The number of carbonyl (C=O) groups is 2. The van der Waals surface area contributed by atoms with Gasteiger partial charge >= 0.3 is 5.97 Å². The minimum atomic E-state index is -0.894. The maximum atomic E-state index is 12.7. The van der Waals surface area contributed by atoms with Crippen molar-refractivity contribution in [2.24, 2.45) is 11.8 Å². The summed E-state index contributed by atoms with van der Waals surface area (Å²) in [5, 5.41) is 10.0. The van der Waals surface area contributed by atoms with Crippen molar-refractivity contribution < 1.29 is 14.7 Å². The standard InChI is InChI=1S/C15H15ClINO3/c16-11-6-8(4-5-12(11)17)14(19)18-7-9-2-1-3-10(9)13(18)15(20)21/h4-6,9-10,13H,1-3,7H2,(H,20,21). The van der Waals surface area contributed by atoms with E-state index in [0.717, 1.165) is 22.8 Å². The zero-order valence-corrected chi connectivity index (χ0v) is 14.2. The highest BCUT2D eigenvalue weighted by Gasteiger charge is 2.49. The number of nitrogens with zero attached hydrogens (tertiary/aromatic N) is 1. The highest BCUT2D eigenvalue weighted by atomic mass is 127. The van der Waals surface area contributed by atoms with Crippen molar-refractivity contribution in [2.75, 3.05) is 6.54 Å². The van der Waals surface area contributed by atoms with Gasteiger partial charge in [0.25, 0.3) is 5.91 Å². The summed E-state index contributed by atoms with van der Waals surface area (Å²) in [6, 6.07) is 4.42. The first kappa shape index (κ1) is 15.1. The molecule has 1 heterocycles. The van der Waals surface area contributed by atoms with E-state index in [0.29, 0.717) is 23.0 Å². The van der Waals surface area contributed by atoms with Gasteiger partial charge in [-0.25, -0.2) is 4.79 Å². The van der Waals surface area contributed by atoms with Crippen molar-refractivity contribution in [1.29, 1.82) is 0 Å². The smallest absolute Gasteiger partial charge is 0.326 e. The fourth-order valence-electron chi connectivity index (χ4n) is 3.63. The van der Waals surface area contributed by atoms with E-state index in [1.54, 1.807) is 18.2 Å². The average molecular weight is 420 g/mol. The summed E-state index contributed by atoms with van der Waals surface area (Å²) in [5.74, 6) is -0.690. The molecule has 2 fully saturated rings. The minimum absolute atomic E-state index is 0.103. The number of carboxylic acids is 1. The summed E-state index contributed by atoms with van der Waals surface area (Å²) < 4.78 is 0.874. The largest absolute Gasteiger partial charge is 0.480 e. The molecule has 1 saturated carbocycles. The number of hydrogen-bond acceptors (Lipinski definition) is 2. The summed E-state index contributed by atoms with van der Waals surface area (Å²) in [4.78, 5) is 25.8. The van der Waals surface area contributed by atoms with E-state index in [1.807, 2.05) is 0 Å². The molecule has 3 unspecified atom stereocenters. The lowest BCUT2D eigenvalue weighted by Crippen LogP contribution is -2.43. The number of rotatable bonds is 2. The second kappa shape index (κ2) is 5.76. The highest BCUT2D eigenvalue weighted by Crippen LogP contribution is 2.42. The molecule has 2 aliphatic rings. The van der Waals surface area contributed by atoms with Crippen molar-refractivity contribution in [2.45, 2.75) is 25.3 Å². The van der Waals surface area contributed by atoms with Crippen LogP contribution in [0.5, 0.6) is 0 Å². The van der Waals surface area contributed by atoms with Crippen LogP contribution in [0.2, 0.25) is 5.02 Å². The van der Waals surface area contributed by atoms with Gasteiger partial charge in [0.05, 0.1) is 5.02 Å². The Kier molecular flexibility index (Phi) is 4.14. The number of fused-ring (bicyclic) bond motifs is 1. The number of benzene rings is 1. The highest BCUT2D eigenvalue weighted by molar-refractivity contribution is 14.1. The number of carboxylic acid groups (broad SMARTS) is 1. The number of aliphatic carboxylic acids is 1. The lowest BCUT2D eigenvalue weighted by Gasteiger charge is -2.24. The molecule has 1 amide bonds. The third-order valence-corrected chi connectivity index (χ3v) is 6.14. The number of likely N-dealkylation sites (tertiary alicyclic amines) is 1. The van der Waals surface area contributed by atoms with Crippen LogP contribution in [0.4, 0.5) is 0 Å². The van der Waals surface area contributed by atoms with Crippen LogP contribution in [0.3, 0.4) is 0 Å². The molecule has 3 atom stereocenters. The molecule has 1 aliphatic heterocycles. The molecule has 1 aliphatic carbocycles. The predicted octanol–water partition coefficient (Wildman–Crippen LogP) is 3.27. The molecule has 0 aromatic heterocycles. The van der Waals surface area contributed by atoms with Crippen LogP contribution in [0.15, 0.2) is 18.2 Å². The Bertz CT molecular complexity index is 607. The van der Waals surface area contributed by atoms with Gasteiger partial charge in [0.1, 0.15) is 6.04 Å². The fraction of sp³-hybridized carbons (Fsp3) is 0.467. The summed E-state index contributed by atoms with van der Waals surface area (Å²) in [7, 11) is 0. The average Bonchev–Trinajstić information content (AvgIpc) is 3.00. The Balaban J connectivity index is 1.89. The molecule has 1 aromatic rings. The van der Waals surface area contributed by atoms with Gasteiger partial charge in [-0.3, -0.25) is 4.79 Å². The fourth-order valence-corrected chi connectivity index (χ4v) is 4.14. The molecule has 6 heteroatoms. The Hall–Kier alpha value is -0.820. The van der Waals surface area contributed by atoms with Crippen LogP contribution in [0, 0.1) is 15.4 Å². The second-order valence-electron chi connectivity index (χ2n) is 5.72. The molecule has 0 bridgehead atoms. The minimum Gasteiger partial charge on any atom is -0.480 e. The van der Waals surface area contributed by atoms with Gasteiger partial charge in [-0.1, -0.05) is 18.0 Å². The monoisotopic (exact) mass is 419 g/mol. The van der Waals surface area contributed by atoms with Crippen LogP contribution in [0.1, 0.15) is 29.6 Å². The van der Waals surface area contributed by atoms with E-state index >= 15 is 0 Å². The van der Waals surface area contributed by atoms with Gasteiger partial charge in [0.15, 0.2) is 0 Å². The van der Waals surface area contributed by atoms with Crippen molar-refractivity contribution in [3.05, 3.63) is 32.4 Å². The van der Waals surface area contributed by atoms with Crippen molar-refractivity contribution in [1.82, 2.24) is 4.90 Å². The Morgan fingerprint density at radius 2 is 2.10 bits per heavy atom. The molecule has 0 radical (unpaired) electrons. The zero-order chi connectivity index (χ0) is 15.1. The normalized spacial score (nSPS) is 27.7. The summed E-state index contributed by atoms with van der Waals surface area (Å²) >= 11 is 8.16. The van der Waals surface area contributed by atoms with E-state index in [-0.39, 0.29) is 11.8 Å². The van der Waals surface area contributed by atoms with Crippen molar-refractivity contribution in [3.8, 4) is 0 Å². The zero-order valence-electron chi connectivity index (χ0n) is 11.3. The molecule has 4 nitrogen and oxygen atoms in total. The van der Waals surface area contributed by atoms with Gasteiger partial charge in [0.2, 0.25) is 0 Å². The summed E-state index contributed by atoms with van der Waals surface area (Å²) in [5.41, 5.74) is 0.464. The maximum absolute atomic E-state index is 12.7. The van der Waals surface area contributed by atoms with Gasteiger partial charge < -0.3 is 10.0 Å². The number of amides is 1. The number of carbonyl (C=O) groups excluding carboxylic acids is 1. The van der Waals surface area contributed by atoms with Crippen LogP contribution in [-0.2, 0) is 4.79 Å². The lowest BCUT2D eigenvalue weighted by molar-refractivity contribution is -0.142. The first-order chi connectivity index (χ1) is 9.99. The molecule has 3 rings (SSSR count). The van der Waals surface area contributed by atoms with E-state index in [9.17, 15) is 14.7 Å². The number of hydrogen-bond donors (Lipinski definition) is 1. The molecular weight excluding hydrogens is 405 g/mol. The van der Waals surface area contributed by atoms with Crippen LogP contribution in [0.25, 0.3) is 0 Å². The molecular formula is C15H15ClINO3. The third kappa shape index (κ3) is 2.65. The Morgan fingerprint density at radius 1 is 1.33 bits per heavy atom. The topological polar surface area (TPSA) is 57.6 Å². The van der Waals surface area contributed by atoms with E-state index in [1.165, 1.54) is 4.90 Å². The van der Waals surface area contributed by atoms with Crippen LogP contribution in [-0.4, -0.2) is 34.5 Å². The molecule has 1 aromatic carbocycles. The molecule has 1 saturated heterocycles. The summed E-state index contributed by atoms with van der Waals surface area (Å²) in [6.45, 7) is 0.546. The van der Waals surface area contributed by atoms with Gasteiger partial charge in [-0.05, 0) is 65.5 Å². The van der Waals surface area contributed by atoms with Gasteiger partial charge in [-0.2, -0.15) is 0 Å². The Labute approximate surface area is 141 Å². The van der Waals surface area contributed by atoms with Gasteiger partial charge in [-0.15, -0.1) is 0 Å². The first-order valence-electron chi connectivity index (χ1n) is 6.98. The SMILES string of the molecule is O=C(O)C1C2CCCC2CN1C(=O)c1ccc(I)c(Cl)c1. The molecule has 21 heavy (non-hydrogen) atoms. The van der Waals surface area contributed by atoms with E-state index in [2.05, 4.69) is 22.6 Å². The van der Waals surface area contributed by atoms with E-state index < -0.39 is 12.0 Å².